The van der Waals surface area contributed by atoms with Gasteiger partial charge < -0.3 is 20.7 Å². The summed E-state index contributed by atoms with van der Waals surface area (Å²) >= 11 is 0. The van der Waals surface area contributed by atoms with Crippen LogP contribution in [0, 0.1) is 17.2 Å². The van der Waals surface area contributed by atoms with Gasteiger partial charge in [0.2, 0.25) is 0 Å². The van der Waals surface area contributed by atoms with E-state index in [9.17, 15) is 4.79 Å². The van der Waals surface area contributed by atoms with Gasteiger partial charge in [0, 0.05) is 30.6 Å². The van der Waals surface area contributed by atoms with Gasteiger partial charge in [-0.1, -0.05) is 25.3 Å². The molecule has 0 spiro atoms. The monoisotopic (exact) mass is 457 g/mol. The molecule has 1 aliphatic carbocycles. The lowest BCUT2D eigenvalue weighted by molar-refractivity contribution is 0.102. The van der Waals surface area contributed by atoms with E-state index in [4.69, 9.17) is 10.00 Å². The number of nitrogens with one attached hydrogen (secondary N) is 3. The van der Waals surface area contributed by atoms with E-state index in [1.165, 1.54) is 50.7 Å². The van der Waals surface area contributed by atoms with Crippen LogP contribution in [0.1, 0.15) is 48.2 Å². The molecule has 0 bridgehead atoms. The molecule has 174 valence electrons. The van der Waals surface area contributed by atoms with Crippen molar-refractivity contribution in [1.82, 2.24) is 15.0 Å². The van der Waals surface area contributed by atoms with Crippen LogP contribution in [0.25, 0.3) is 0 Å². The molecule has 1 fully saturated rings. The number of ether oxygens (including phenoxy) is 1. The molecular weight excluding hydrogens is 430 g/mol. The van der Waals surface area contributed by atoms with Crippen molar-refractivity contribution in [3.8, 4) is 11.8 Å². The lowest BCUT2D eigenvalue weighted by atomic mass is 9.89. The molecule has 4 rings (SSSR count). The molecule has 1 aliphatic rings. The number of amides is 1. The summed E-state index contributed by atoms with van der Waals surface area (Å²) in [5.74, 6) is 1.95. The van der Waals surface area contributed by atoms with E-state index in [2.05, 4.69) is 30.9 Å². The minimum absolute atomic E-state index is 0.234. The average molecular weight is 458 g/mol. The number of carbonyl (C=O) groups is 1. The Kier molecular flexibility index (Phi) is 7.50. The fourth-order valence-electron chi connectivity index (χ4n) is 3.98. The van der Waals surface area contributed by atoms with Crippen LogP contribution in [0.2, 0.25) is 0 Å². The second-order valence-electron chi connectivity index (χ2n) is 8.21. The second-order valence-corrected chi connectivity index (χ2v) is 8.21. The fourth-order valence-corrected chi connectivity index (χ4v) is 3.98. The number of carbonyl (C=O) groups excluding carboxylic acids is 1. The van der Waals surface area contributed by atoms with E-state index in [0.29, 0.717) is 40.2 Å². The van der Waals surface area contributed by atoms with Crippen molar-refractivity contribution in [2.75, 3.05) is 29.6 Å². The average Bonchev–Trinajstić information content (AvgIpc) is 2.88. The molecule has 0 unspecified atom stereocenters. The molecule has 9 heteroatoms. The fraction of sp³-hybridized carbons (Fsp3) is 0.320. The molecule has 34 heavy (non-hydrogen) atoms. The third-order valence-corrected chi connectivity index (χ3v) is 5.80. The topological polar surface area (TPSA) is 125 Å². The largest absolute Gasteiger partial charge is 0.497 e. The van der Waals surface area contributed by atoms with Crippen molar-refractivity contribution >= 4 is 28.9 Å². The summed E-state index contributed by atoms with van der Waals surface area (Å²) in [5, 5.41) is 18.4. The van der Waals surface area contributed by atoms with Gasteiger partial charge in [0.05, 0.1) is 30.8 Å². The first-order chi connectivity index (χ1) is 16.6. The number of pyridine rings is 1. The number of hydrogen-bond acceptors (Lipinski definition) is 8. The highest BCUT2D eigenvalue weighted by Crippen LogP contribution is 2.27. The first kappa shape index (κ1) is 23.0. The molecule has 0 saturated heterocycles. The highest BCUT2D eigenvalue weighted by Gasteiger charge is 2.17. The van der Waals surface area contributed by atoms with Crippen LogP contribution in [0.4, 0.5) is 23.0 Å². The standard InChI is InChI=1S/C25H27N7O2/c1-34-20-9-5-8-18(10-20)31-25(33)21-15-30-23(32-24-16-27-19(12-26)14-29-24)11-22(21)28-13-17-6-3-2-4-7-17/h5,8-11,14-17H,2-4,6-7,13H2,1H3,(H,31,33)(H2,28,29,30,32). The van der Waals surface area contributed by atoms with E-state index in [0.717, 1.165) is 6.54 Å². The Morgan fingerprint density at radius 2 is 1.91 bits per heavy atom. The van der Waals surface area contributed by atoms with E-state index in [-0.39, 0.29) is 11.6 Å². The molecule has 3 N–H and O–H groups in total. The smallest absolute Gasteiger partial charge is 0.259 e. The van der Waals surface area contributed by atoms with Crippen molar-refractivity contribution in [1.29, 1.82) is 5.26 Å². The summed E-state index contributed by atoms with van der Waals surface area (Å²) in [4.78, 5) is 25.7. The molecule has 0 aliphatic heterocycles. The van der Waals surface area contributed by atoms with Gasteiger partial charge in [0.15, 0.2) is 5.69 Å². The van der Waals surface area contributed by atoms with Crippen molar-refractivity contribution in [2.45, 2.75) is 32.1 Å². The third kappa shape index (κ3) is 5.98. The Hall–Kier alpha value is -4.19. The van der Waals surface area contributed by atoms with Gasteiger partial charge in [-0.25, -0.2) is 15.0 Å². The zero-order valence-electron chi connectivity index (χ0n) is 19.0. The number of methoxy groups -OCH3 is 1. The van der Waals surface area contributed by atoms with E-state index in [1.807, 2.05) is 24.3 Å². The van der Waals surface area contributed by atoms with Crippen LogP contribution in [0.15, 0.2) is 48.9 Å². The number of anilines is 4. The van der Waals surface area contributed by atoms with Gasteiger partial charge in [0.1, 0.15) is 23.5 Å². The Labute approximate surface area is 198 Å². The maximum Gasteiger partial charge on any atom is 0.259 e. The van der Waals surface area contributed by atoms with Crippen molar-refractivity contribution in [3.63, 3.8) is 0 Å². The second kappa shape index (κ2) is 11.1. The van der Waals surface area contributed by atoms with Crippen LogP contribution in [0.5, 0.6) is 5.75 Å². The summed E-state index contributed by atoms with van der Waals surface area (Å²) < 4.78 is 5.25. The molecule has 1 amide bonds. The predicted octanol–water partition coefficient (Wildman–Crippen LogP) is 4.74. The summed E-state index contributed by atoms with van der Waals surface area (Å²) in [6.07, 6.45) is 10.6. The molecular formula is C25H27N7O2. The number of nitrogens with zero attached hydrogens (tertiary/aromatic N) is 4. The van der Waals surface area contributed by atoms with Gasteiger partial charge in [-0.15, -0.1) is 0 Å². The van der Waals surface area contributed by atoms with Crippen molar-refractivity contribution < 1.29 is 9.53 Å². The minimum atomic E-state index is -0.267. The third-order valence-electron chi connectivity index (χ3n) is 5.80. The Morgan fingerprint density at radius 3 is 2.65 bits per heavy atom. The lowest BCUT2D eigenvalue weighted by Gasteiger charge is -2.23. The summed E-state index contributed by atoms with van der Waals surface area (Å²) in [5.41, 5.74) is 2.00. The number of aromatic nitrogens is 3. The Bertz CT molecular complexity index is 1170. The van der Waals surface area contributed by atoms with E-state index < -0.39 is 0 Å². The van der Waals surface area contributed by atoms with Gasteiger partial charge in [0.25, 0.3) is 5.91 Å². The van der Waals surface area contributed by atoms with Crippen LogP contribution < -0.4 is 20.7 Å². The van der Waals surface area contributed by atoms with Crippen molar-refractivity contribution in [2.24, 2.45) is 5.92 Å². The highest BCUT2D eigenvalue weighted by atomic mass is 16.5. The van der Waals surface area contributed by atoms with Crippen LogP contribution in [-0.4, -0.2) is 34.5 Å². The highest BCUT2D eigenvalue weighted by molar-refractivity contribution is 6.08. The lowest BCUT2D eigenvalue weighted by Crippen LogP contribution is -2.20. The van der Waals surface area contributed by atoms with Crippen LogP contribution in [0.3, 0.4) is 0 Å². The normalized spacial score (nSPS) is 13.5. The van der Waals surface area contributed by atoms with Crippen LogP contribution >= 0.6 is 0 Å². The number of nitriles is 1. The van der Waals surface area contributed by atoms with Gasteiger partial charge in [-0.2, -0.15) is 5.26 Å². The molecule has 1 saturated carbocycles. The number of hydrogen-bond donors (Lipinski definition) is 3. The first-order valence-electron chi connectivity index (χ1n) is 11.3. The molecule has 0 atom stereocenters. The van der Waals surface area contributed by atoms with Crippen LogP contribution in [-0.2, 0) is 0 Å². The Morgan fingerprint density at radius 1 is 1.09 bits per heavy atom. The van der Waals surface area contributed by atoms with E-state index in [1.54, 1.807) is 19.2 Å². The minimum Gasteiger partial charge on any atom is -0.497 e. The number of rotatable bonds is 8. The Balaban J connectivity index is 1.55. The SMILES string of the molecule is COc1cccc(NC(=O)c2cnc(Nc3cnc(C#N)cn3)cc2NCC2CCCCC2)c1. The van der Waals surface area contributed by atoms with Gasteiger partial charge in [-0.3, -0.25) is 4.79 Å². The molecule has 1 aromatic carbocycles. The molecule has 9 nitrogen and oxygen atoms in total. The molecule has 2 heterocycles. The van der Waals surface area contributed by atoms with Gasteiger partial charge >= 0.3 is 0 Å². The predicted molar refractivity (Wildman–Crippen MR) is 130 cm³/mol. The summed E-state index contributed by atoms with van der Waals surface area (Å²) in [6, 6.07) is 10.9. The molecule has 3 aromatic rings. The summed E-state index contributed by atoms with van der Waals surface area (Å²) in [6.45, 7) is 0.791. The van der Waals surface area contributed by atoms with Crippen molar-refractivity contribution in [3.05, 3.63) is 60.2 Å². The van der Waals surface area contributed by atoms with E-state index >= 15 is 0 Å². The summed E-state index contributed by atoms with van der Waals surface area (Å²) in [7, 11) is 1.59. The maximum atomic E-state index is 13.1. The van der Waals surface area contributed by atoms with Gasteiger partial charge in [-0.05, 0) is 30.9 Å². The maximum absolute atomic E-state index is 13.1. The molecule has 2 aromatic heterocycles. The first-order valence-corrected chi connectivity index (χ1v) is 11.3. The number of benzene rings is 1. The zero-order chi connectivity index (χ0) is 23.8. The zero-order valence-corrected chi connectivity index (χ0v) is 19.0. The molecule has 0 radical (unpaired) electrons. The quantitative estimate of drug-likeness (QED) is 0.443.